The summed E-state index contributed by atoms with van der Waals surface area (Å²) in [6, 6.07) is -0.906. The average Bonchev–Trinajstić information content (AvgIpc) is 2.92. The number of hydrogen-bond donors (Lipinski definition) is 4. The molecule has 13 nitrogen and oxygen atoms in total. The lowest BCUT2D eigenvalue weighted by Crippen LogP contribution is -2.39. The number of nitrogens with one attached hydrogen (secondary N) is 2. The van der Waals surface area contributed by atoms with Crippen LogP contribution in [0.1, 0.15) is 27.0 Å². The number of esters is 1. The van der Waals surface area contributed by atoms with E-state index in [1.807, 2.05) is 18.8 Å². The topological polar surface area (TPSA) is 182 Å². The van der Waals surface area contributed by atoms with E-state index in [-0.39, 0.29) is 12.5 Å². The van der Waals surface area contributed by atoms with Crippen molar-refractivity contribution in [1.82, 2.24) is 19.9 Å². The highest BCUT2D eigenvalue weighted by molar-refractivity contribution is 7.56. The van der Waals surface area contributed by atoms with E-state index in [1.165, 1.54) is 13.6 Å². The minimum atomic E-state index is -3.51. The van der Waals surface area contributed by atoms with E-state index in [0.717, 1.165) is 6.20 Å². The molecule has 1 aliphatic rings. The summed E-state index contributed by atoms with van der Waals surface area (Å²) in [7, 11) is -3.51. The molecule has 2 rings (SSSR count). The molecule has 0 saturated carbocycles. The van der Waals surface area contributed by atoms with Crippen LogP contribution in [0.15, 0.2) is 15.8 Å². The molecule has 0 spiro atoms. The molecule has 1 aromatic rings. The van der Waals surface area contributed by atoms with Crippen LogP contribution in [0, 0.1) is 5.92 Å². The predicted molar refractivity (Wildman–Crippen MR) is 103 cm³/mol. The van der Waals surface area contributed by atoms with E-state index in [2.05, 4.69) is 10.2 Å². The molecule has 2 heterocycles. The Hall–Kier alpha value is -1.89. The number of rotatable bonds is 9. The molecule has 0 aromatic carbocycles. The van der Waals surface area contributed by atoms with Gasteiger partial charge in [0.25, 0.3) is 13.1 Å². The molecule has 1 aromatic heterocycles. The number of carbonyl (C=O) groups excluding carboxylic acids is 1. The molecule has 1 fully saturated rings. The van der Waals surface area contributed by atoms with Crippen LogP contribution in [0.5, 0.6) is 0 Å². The van der Waals surface area contributed by atoms with Gasteiger partial charge in [-0.1, -0.05) is 13.8 Å². The first-order valence-corrected chi connectivity index (χ1v) is 11.3. The summed E-state index contributed by atoms with van der Waals surface area (Å²) in [5, 5.41) is 26.4. The molecule has 2 unspecified atom stereocenters. The van der Waals surface area contributed by atoms with Gasteiger partial charge in [-0.3, -0.25) is 19.1 Å². The van der Waals surface area contributed by atoms with Gasteiger partial charge in [-0.15, -0.1) is 0 Å². The van der Waals surface area contributed by atoms with E-state index in [1.54, 1.807) is 0 Å². The van der Waals surface area contributed by atoms with Crippen LogP contribution in [-0.2, 0) is 23.4 Å². The molecule has 0 radical (unpaired) electrons. The first-order valence-electron chi connectivity index (χ1n) is 9.27. The van der Waals surface area contributed by atoms with E-state index >= 15 is 0 Å². The first kappa shape index (κ1) is 24.4. The minimum Gasteiger partial charge on any atom is -0.464 e. The number of ether oxygens (including phenoxy) is 2. The molecule has 30 heavy (non-hydrogen) atoms. The third kappa shape index (κ3) is 6.30. The SMILES string of the molecule is CC(C)COC(=O)[C@H](C)NP(C)(=O)OC[C@H]1O[C@@H](n2ncc(=O)[nH]c2=O)[C@@H](O)C1O. The number of nitrogens with zero attached hydrogens (tertiary/aromatic N) is 2. The fraction of sp³-hybridized carbons (Fsp3) is 0.750. The second kappa shape index (κ2) is 9.94. The average molecular weight is 450 g/mol. The van der Waals surface area contributed by atoms with Crippen molar-refractivity contribution in [2.75, 3.05) is 19.9 Å². The van der Waals surface area contributed by atoms with Gasteiger partial charge in [-0.2, -0.15) is 9.78 Å². The van der Waals surface area contributed by atoms with Gasteiger partial charge in [0.05, 0.1) is 13.2 Å². The van der Waals surface area contributed by atoms with E-state index in [9.17, 15) is 29.2 Å². The summed E-state index contributed by atoms with van der Waals surface area (Å²) in [5.74, 6) is -0.443. The Labute approximate surface area is 171 Å². The van der Waals surface area contributed by atoms with Gasteiger partial charge in [-0.05, 0) is 12.8 Å². The van der Waals surface area contributed by atoms with Crippen molar-refractivity contribution in [3.05, 3.63) is 27.0 Å². The van der Waals surface area contributed by atoms with Crippen LogP contribution in [0.4, 0.5) is 0 Å². The van der Waals surface area contributed by atoms with Gasteiger partial charge in [0, 0.05) is 6.66 Å². The minimum absolute atomic E-state index is 0.149. The van der Waals surface area contributed by atoms with Crippen molar-refractivity contribution in [2.45, 2.75) is 51.4 Å². The van der Waals surface area contributed by atoms with Crippen LogP contribution in [0.3, 0.4) is 0 Å². The quantitative estimate of drug-likeness (QED) is 0.256. The number of aliphatic hydroxyl groups excluding tert-OH is 2. The Kier molecular flexibility index (Phi) is 8.08. The molecule has 4 N–H and O–H groups in total. The first-order chi connectivity index (χ1) is 13.9. The Morgan fingerprint density at radius 2 is 2.03 bits per heavy atom. The maximum Gasteiger partial charge on any atom is 0.347 e. The fourth-order valence-corrected chi connectivity index (χ4v) is 3.96. The van der Waals surface area contributed by atoms with Crippen LogP contribution >= 0.6 is 7.52 Å². The Balaban J connectivity index is 1.96. The lowest BCUT2D eigenvalue weighted by atomic mass is 10.1. The van der Waals surface area contributed by atoms with Crippen LogP contribution < -0.4 is 16.3 Å². The largest absolute Gasteiger partial charge is 0.464 e. The molecule has 14 heteroatoms. The summed E-state index contributed by atoms with van der Waals surface area (Å²) < 4.78 is 29.0. The molecular formula is C16H27N4O9P. The second-order valence-electron chi connectivity index (χ2n) is 7.45. The third-order valence-corrected chi connectivity index (χ3v) is 5.64. The predicted octanol–water partition coefficient (Wildman–Crippen LogP) is -1.43. The van der Waals surface area contributed by atoms with Crippen molar-refractivity contribution in [1.29, 1.82) is 0 Å². The zero-order chi connectivity index (χ0) is 22.6. The number of H-pyrrole nitrogens is 1. The van der Waals surface area contributed by atoms with E-state index < -0.39 is 61.9 Å². The molecule has 170 valence electrons. The Bertz CT molecular complexity index is 901. The van der Waals surface area contributed by atoms with Gasteiger partial charge in [-0.25, -0.2) is 9.88 Å². The van der Waals surface area contributed by atoms with E-state index in [0.29, 0.717) is 4.68 Å². The van der Waals surface area contributed by atoms with Crippen molar-refractivity contribution in [3.8, 4) is 0 Å². The van der Waals surface area contributed by atoms with Crippen LogP contribution in [-0.4, -0.2) is 75.2 Å². The van der Waals surface area contributed by atoms with Crippen LogP contribution in [0.2, 0.25) is 0 Å². The molecular weight excluding hydrogens is 423 g/mol. The summed E-state index contributed by atoms with van der Waals surface area (Å²) in [6.07, 6.45) is -4.75. The molecule has 1 saturated heterocycles. The van der Waals surface area contributed by atoms with Gasteiger partial charge >= 0.3 is 11.7 Å². The van der Waals surface area contributed by atoms with Crippen LogP contribution in [0.25, 0.3) is 0 Å². The summed E-state index contributed by atoms with van der Waals surface area (Å²) >= 11 is 0. The number of aliphatic hydroxyl groups is 2. The van der Waals surface area contributed by atoms with Crippen molar-refractivity contribution in [3.63, 3.8) is 0 Å². The van der Waals surface area contributed by atoms with Gasteiger partial charge in [0.2, 0.25) is 0 Å². The van der Waals surface area contributed by atoms with Gasteiger partial charge in [0.15, 0.2) is 6.23 Å². The van der Waals surface area contributed by atoms with E-state index in [4.69, 9.17) is 14.0 Å². The van der Waals surface area contributed by atoms with Crippen molar-refractivity contribution < 1.29 is 33.6 Å². The Morgan fingerprint density at radius 1 is 1.37 bits per heavy atom. The summed E-state index contributed by atoms with van der Waals surface area (Å²) in [4.78, 5) is 36.8. The number of aromatic amines is 1. The molecule has 0 bridgehead atoms. The second-order valence-corrected chi connectivity index (χ2v) is 9.65. The number of carbonyl (C=O) groups is 1. The van der Waals surface area contributed by atoms with Gasteiger partial charge < -0.3 is 24.2 Å². The summed E-state index contributed by atoms with van der Waals surface area (Å²) in [5.41, 5.74) is -1.67. The highest BCUT2D eigenvalue weighted by Gasteiger charge is 2.45. The molecule has 0 aliphatic carbocycles. The number of aromatic nitrogens is 3. The van der Waals surface area contributed by atoms with Crippen molar-refractivity contribution in [2.24, 2.45) is 5.92 Å². The standard InChI is InChI=1S/C16H27N4O9P/c1-8(2)6-27-15(24)9(3)19-30(4,26)28-7-10-12(22)13(23)14(29-10)20-16(25)18-11(21)5-17-20/h5,8-10,12-14,22-23H,6-7H2,1-4H3,(H,19,26)(H,18,21,25)/t9-,10+,12?,13-,14+,30?/m0/s1. The maximum absolute atomic E-state index is 12.6. The highest BCUT2D eigenvalue weighted by Crippen LogP contribution is 2.40. The highest BCUT2D eigenvalue weighted by atomic mass is 31.2. The zero-order valence-corrected chi connectivity index (χ0v) is 17.9. The molecule has 1 aliphatic heterocycles. The zero-order valence-electron chi connectivity index (χ0n) is 17.0. The number of hydrogen-bond acceptors (Lipinski definition) is 10. The Morgan fingerprint density at radius 3 is 2.63 bits per heavy atom. The monoisotopic (exact) mass is 450 g/mol. The maximum atomic E-state index is 12.6. The van der Waals surface area contributed by atoms with Crippen molar-refractivity contribution >= 4 is 13.5 Å². The third-order valence-electron chi connectivity index (χ3n) is 4.14. The fourth-order valence-electron chi connectivity index (χ4n) is 2.64. The summed E-state index contributed by atoms with van der Waals surface area (Å²) in [6.45, 7) is 6.27. The van der Waals surface area contributed by atoms with Gasteiger partial charge in [0.1, 0.15) is 30.6 Å². The lowest BCUT2D eigenvalue weighted by molar-refractivity contribution is -0.146. The smallest absolute Gasteiger partial charge is 0.347 e. The normalized spacial score (nSPS) is 27.0. The molecule has 0 amide bonds. The lowest BCUT2D eigenvalue weighted by Gasteiger charge is -2.22. The molecule has 6 atom stereocenters.